The number of anilines is 2. The summed E-state index contributed by atoms with van der Waals surface area (Å²) in [5.41, 5.74) is 26.4. The molecule has 1 atom stereocenters. The van der Waals surface area contributed by atoms with Gasteiger partial charge in [0.15, 0.2) is 7.28 Å². The first-order valence-electron chi connectivity index (χ1n) is 27.6. The molecular weight excluding hydrogens is 868 g/mol. The number of allylic oxidation sites excluding steroid dienone is 4. The van der Waals surface area contributed by atoms with Gasteiger partial charge in [-0.1, -0.05) is 201 Å². The van der Waals surface area contributed by atoms with Gasteiger partial charge in [0.05, 0.1) is 5.69 Å². The molecule has 1 unspecified atom stereocenters. The van der Waals surface area contributed by atoms with E-state index in [0.717, 1.165) is 49.3 Å². The molecule has 6 aromatic rings. The first kappa shape index (κ1) is 52.7. The number of unbranched alkanes of at least 4 members (excludes halogenated alkanes) is 1. The lowest BCUT2D eigenvalue weighted by atomic mass is 9.52. The van der Waals surface area contributed by atoms with Gasteiger partial charge in [-0.25, -0.2) is 0 Å². The summed E-state index contributed by atoms with van der Waals surface area (Å²) in [5.74, 6) is 0. The largest absolute Gasteiger partial charge is 0.355 e. The Kier molecular flexibility index (Phi) is 15.7. The first-order valence-corrected chi connectivity index (χ1v) is 27.6. The zero-order valence-electron chi connectivity index (χ0n) is 46.8. The summed E-state index contributed by atoms with van der Waals surface area (Å²) < 4.78 is 0. The van der Waals surface area contributed by atoms with Crippen LogP contribution in [0.1, 0.15) is 173 Å². The average Bonchev–Trinajstić information content (AvgIpc) is 3.71. The van der Waals surface area contributed by atoms with Crippen LogP contribution in [0.2, 0.25) is 0 Å². The zero-order valence-corrected chi connectivity index (χ0v) is 46.8. The number of hydrogen-bond donors (Lipinski definition) is 1. The van der Waals surface area contributed by atoms with Crippen LogP contribution in [0.5, 0.6) is 0 Å². The summed E-state index contributed by atoms with van der Waals surface area (Å²) in [7, 11) is 0.850. The number of hydrogen-bond acceptors (Lipinski definition) is 2. The van der Waals surface area contributed by atoms with E-state index >= 15 is 0 Å². The standard InChI is InChI=1S/C69H85BN2/c1-15-17-25-50-40-61(69(14)35-22-21-34-68(69,12)13)49(6)62(41-50)70-64-47(4)39-57(72-56-29-23-28-52(43-56)51-26-19-18-20-27-51)45-60(64)58-33-31-54-42-53-30-32-55(67(10,11)37-36-66(7,8)9)44-59(53)63(54)65(58)71-48(5)38-46(3)24-16-2/h16,18-20,23-24,26-33,38-41,43-45,70,72H,15,17,21-22,25,34-37,42H2,1-14H3/b24-16-,46-38-,71-48+. The third-order valence-corrected chi connectivity index (χ3v) is 17.1. The van der Waals surface area contributed by atoms with Gasteiger partial charge in [-0.3, -0.25) is 4.99 Å². The average molecular weight is 953 g/mol. The van der Waals surface area contributed by atoms with Crippen LogP contribution in [-0.4, -0.2) is 13.0 Å². The number of fused-ring (bicyclic) bond motifs is 3. The molecule has 2 aliphatic rings. The normalized spacial score (nSPS) is 17.0. The molecule has 0 bridgehead atoms. The Morgan fingerprint density at radius 1 is 0.736 bits per heavy atom. The molecule has 72 heavy (non-hydrogen) atoms. The number of benzene rings is 6. The van der Waals surface area contributed by atoms with E-state index in [2.05, 4.69) is 230 Å². The summed E-state index contributed by atoms with van der Waals surface area (Å²) in [5, 5.41) is 3.93. The number of aliphatic imine (C=N–C) groups is 1. The minimum absolute atomic E-state index is 0.0305. The van der Waals surface area contributed by atoms with Crippen LogP contribution in [-0.2, 0) is 23.7 Å². The highest BCUT2D eigenvalue weighted by Crippen LogP contribution is 2.53. The number of nitrogens with zero attached hydrogens (tertiary/aromatic N) is 1. The predicted molar refractivity (Wildman–Crippen MR) is 319 cm³/mol. The fraction of sp³-hybridized carbons (Fsp3) is 0.406. The van der Waals surface area contributed by atoms with Crippen LogP contribution in [0.3, 0.4) is 0 Å². The molecule has 6 aromatic carbocycles. The lowest BCUT2D eigenvalue weighted by molar-refractivity contribution is 0.109. The maximum Gasteiger partial charge on any atom is 0.193 e. The van der Waals surface area contributed by atoms with E-state index < -0.39 is 0 Å². The van der Waals surface area contributed by atoms with Gasteiger partial charge in [0.1, 0.15) is 0 Å². The molecular formula is C69H85BN2. The Balaban J connectivity index is 1.37. The molecule has 0 radical (unpaired) electrons. The van der Waals surface area contributed by atoms with Crippen molar-refractivity contribution in [3.05, 3.63) is 172 Å². The van der Waals surface area contributed by atoms with E-state index in [4.69, 9.17) is 4.99 Å². The van der Waals surface area contributed by atoms with Crippen molar-refractivity contribution in [2.75, 3.05) is 5.32 Å². The Bertz CT molecular complexity index is 3020. The molecule has 1 saturated carbocycles. The molecule has 0 saturated heterocycles. The van der Waals surface area contributed by atoms with Gasteiger partial charge in [-0.2, -0.15) is 0 Å². The second-order valence-electron chi connectivity index (χ2n) is 24.7. The van der Waals surface area contributed by atoms with Crippen molar-refractivity contribution in [1.29, 1.82) is 0 Å². The maximum absolute atomic E-state index is 5.78. The van der Waals surface area contributed by atoms with Crippen LogP contribution in [0.4, 0.5) is 17.1 Å². The summed E-state index contributed by atoms with van der Waals surface area (Å²) in [6, 6.07) is 41.8. The van der Waals surface area contributed by atoms with Crippen molar-refractivity contribution in [2.45, 2.75) is 172 Å². The molecule has 1 N–H and O–H groups in total. The van der Waals surface area contributed by atoms with Gasteiger partial charge in [-0.05, 0) is 187 Å². The zero-order chi connectivity index (χ0) is 51.6. The van der Waals surface area contributed by atoms with Crippen molar-refractivity contribution in [3.63, 3.8) is 0 Å². The van der Waals surface area contributed by atoms with Crippen LogP contribution in [0, 0.1) is 24.7 Å². The molecule has 3 heteroatoms. The van der Waals surface area contributed by atoms with Crippen molar-refractivity contribution in [3.8, 4) is 33.4 Å². The predicted octanol–water partition coefficient (Wildman–Crippen LogP) is 18.3. The quantitative estimate of drug-likeness (QED) is 0.0583. The Morgan fingerprint density at radius 3 is 2.19 bits per heavy atom. The van der Waals surface area contributed by atoms with Gasteiger partial charge in [0.25, 0.3) is 0 Å². The highest BCUT2D eigenvalue weighted by Gasteiger charge is 2.45. The molecule has 2 aliphatic carbocycles. The summed E-state index contributed by atoms with van der Waals surface area (Å²) in [6.45, 7) is 33.2. The topological polar surface area (TPSA) is 24.4 Å². The third-order valence-electron chi connectivity index (χ3n) is 17.1. The monoisotopic (exact) mass is 953 g/mol. The van der Waals surface area contributed by atoms with Gasteiger partial charge in [0.2, 0.25) is 0 Å². The maximum atomic E-state index is 5.78. The number of rotatable bonds is 16. The van der Waals surface area contributed by atoms with E-state index in [9.17, 15) is 0 Å². The van der Waals surface area contributed by atoms with E-state index in [1.54, 1.807) is 5.56 Å². The molecule has 0 heterocycles. The van der Waals surface area contributed by atoms with E-state index in [0.29, 0.717) is 0 Å². The molecule has 0 aliphatic heterocycles. The summed E-state index contributed by atoms with van der Waals surface area (Å²) >= 11 is 0. The van der Waals surface area contributed by atoms with Crippen molar-refractivity contribution in [2.24, 2.45) is 15.8 Å². The van der Waals surface area contributed by atoms with Crippen molar-refractivity contribution < 1.29 is 0 Å². The molecule has 0 amide bonds. The Labute approximate surface area is 437 Å². The third kappa shape index (κ3) is 11.4. The van der Waals surface area contributed by atoms with E-state index in [-0.39, 0.29) is 21.7 Å². The molecule has 2 nitrogen and oxygen atoms in total. The summed E-state index contributed by atoms with van der Waals surface area (Å²) in [6.07, 6.45) is 18.4. The lowest BCUT2D eigenvalue weighted by Gasteiger charge is -2.49. The van der Waals surface area contributed by atoms with Crippen LogP contribution < -0.4 is 16.2 Å². The highest BCUT2D eigenvalue weighted by atomic mass is 14.9. The van der Waals surface area contributed by atoms with Crippen molar-refractivity contribution >= 4 is 41.0 Å². The van der Waals surface area contributed by atoms with Gasteiger partial charge < -0.3 is 5.32 Å². The van der Waals surface area contributed by atoms with Crippen LogP contribution in [0.25, 0.3) is 33.4 Å². The minimum Gasteiger partial charge on any atom is -0.355 e. The first-order chi connectivity index (χ1) is 34.2. The van der Waals surface area contributed by atoms with E-state index in [1.165, 1.54) is 128 Å². The lowest BCUT2D eigenvalue weighted by Crippen LogP contribution is -2.44. The summed E-state index contributed by atoms with van der Waals surface area (Å²) in [4.78, 5) is 5.78. The SMILES string of the molecule is C\C=C/C(C)=C\C(C)=N\c1c(-c2cc(Nc3cccc(-c4ccccc4)c3)cc(C)c2Bc2cc(CCCC)cc(C3(C)CCCCC3(C)C)c2C)ccc2c1-c1cc(C(C)(C)CCC(C)(C)C)ccc1C2. The number of nitrogens with one attached hydrogen (secondary N) is 1. The fourth-order valence-corrected chi connectivity index (χ4v) is 12.1. The fourth-order valence-electron chi connectivity index (χ4n) is 12.1. The van der Waals surface area contributed by atoms with Crippen molar-refractivity contribution in [1.82, 2.24) is 0 Å². The Hall–Kier alpha value is -5.67. The van der Waals surface area contributed by atoms with Gasteiger partial charge in [0, 0.05) is 28.2 Å². The van der Waals surface area contributed by atoms with Crippen LogP contribution >= 0.6 is 0 Å². The molecule has 374 valence electrons. The van der Waals surface area contributed by atoms with Gasteiger partial charge >= 0.3 is 0 Å². The molecule has 1 fully saturated rings. The van der Waals surface area contributed by atoms with Crippen LogP contribution in [0.15, 0.2) is 138 Å². The molecule has 0 aromatic heterocycles. The highest BCUT2D eigenvalue weighted by molar-refractivity contribution is 6.69. The van der Waals surface area contributed by atoms with E-state index in [1.807, 2.05) is 0 Å². The number of aryl methyl sites for hydroxylation is 2. The minimum atomic E-state index is 0.0305. The Morgan fingerprint density at radius 2 is 1.47 bits per heavy atom. The molecule has 0 spiro atoms. The second-order valence-corrected chi connectivity index (χ2v) is 24.7. The van der Waals surface area contributed by atoms with Gasteiger partial charge in [-0.15, -0.1) is 0 Å². The molecule has 8 rings (SSSR count). The second kappa shape index (κ2) is 21.4. The smallest absolute Gasteiger partial charge is 0.193 e.